The zero-order valence-electron chi connectivity index (χ0n) is 17.3. The van der Waals surface area contributed by atoms with E-state index in [9.17, 15) is 4.21 Å². The second kappa shape index (κ2) is 6.63. The molecule has 3 aromatic rings. The summed E-state index contributed by atoms with van der Waals surface area (Å²) >= 11 is 0. The lowest BCUT2D eigenvalue weighted by atomic mass is 9.88. The van der Waals surface area contributed by atoms with Crippen LogP contribution in [0.5, 0.6) is 0 Å². The highest BCUT2D eigenvalue weighted by Crippen LogP contribution is 2.38. The summed E-state index contributed by atoms with van der Waals surface area (Å²) in [5, 5.41) is 4.35. The van der Waals surface area contributed by atoms with Crippen LogP contribution in [0, 0.1) is 11.8 Å². The third-order valence-electron chi connectivity index (χ3n) is 7.37. The van der Waals surface area contributed by atoms with E-state index in [4.69, 9.17) is 9.97 Å². The van der Waals surface area contributed by atoms with E-state index >= 15 is 0 Å². The van der Waals surface area contributed by atoms with Crippen molar-refractivity contribution in [2.45, 2.75) is 24.2 Å². The van der Waals surface area contributed by atoms with Crippen LogP contribution in [0.25, 0.3) is 5.82 Å². The maximum Gasteiger partial charge on any atom is 0.227 e. The molecule has 0 saturated carbocycles. The van der Waals surface area contributed by atoms with Crippen LogP contribution in [0.1, 0.15) is 16.8 Å². The highest BCUT2D eigenvalue weighted by atomic mass is 32.2. The van der Waals surface area contributed by atoms with Gasteiger partial charge in [-0.25, -0.2) is 9.67 Å². The highest BCUT2D eigenvalue weighted by molar-refractivity contribution is 7.85. The van der Waals surface area contributed by atoms with Crippen LogP contribution < -0.4 is 9.80 Å². The minimum absolute atomic E-state index is 0.628. The van der Waals surface area contributed by atoms with E-state index in [0.717, 1.165) is 49.1 Å². The van der Waals surface area contributed by atoms with Gasteiger partial charge in [-0.15, -0.1) is 0 Å². The Kier molecular flexibility index (Phi) is 3.82. The molecule has 0 radical (unpaired) electrons. The molecule has 2 fully saturated rings. The first kappa shape index (κ1) is 17.9. The summed E-state index contributed by atoms with van der Waals surface area (Å²) in [4.78, 5) is 15.4. The van der Waals surface area contributed by atoms with Gasteiger partial charge in [0, 0.05) is 68.3 Å². The largest absolute Gasteiger partial charge is 0.371 e. The second-order valence-electron chi connectivity index (χ2n) is 9.16. The van der Waals surface area contributed by atoms with E-state index in [1.54, 1.807) is 10.9 Å². The molecule has 0 bridgehead atoms. The van der Waals surface area contributed by atoms with Crippen LogP contribution in [0.2, 0.25) is 0 Å². The number of hydrogen-bond donors (Lipinski definition) is 0. The number of aryl methyl sites for hydroxylation is 3. The van der Waals surface area contributed by atoms with Crippen molar-refractivity contribution in [3.8, 4) is 5.82 Å². The van der Waals surface area contributed by atoms with Crippen molar-refractivity contribution in [1.82, 2.24) is 19.7 Å². The van der Waals surface area contributed by atoms with Crippen LogP contribution in [-0.4, -0.2) is 55.9 Å². The average molecular weight is 433 g/mol. The molecule has 4 aliphatic rings. The zero-order chi connectivity index (χ0) is 20.5. The number of aromatic nitrogens is 4. The highest BCUT2D eigenvalue weighted by Gasteiger charge is 2.41. The van der Waals surface area contributed by atoms with Crippen LogP contribution in [0.4, 0.5) is 11.6 Å². The molecule has 3 aliphatic heterocycles. The average Bonchev–Trinajstić information content (AvgIpc) is 3.52. The molecule has 0 N–H and O–H groups in total. The fourth-order valence-electron chi connectivity index (χ4n) is 5.60. The summed E-state index contributed by atoms with van der Waals surface area (Å²) in [5.74, 6) is 3.34. The summed E-state index contributed by atoms with van der Waals surface area (Å²) in [6.07, 6.45) is 6.82. The molecule has 31 heavy (non-hydrogen) atoms. The lowest BCUT2D eigenvalue weighted by molar-refractivity contribution is 0.533. The van der Waals surface area contributed by atoms with Crippen molar-refractivity contribution in [1.29, 1.82) is 0 Å². The Balaban J connectivity index is 1.15. The lowest BCUT2D eigenvalue weighted by Gasteiger charge is -2.26. The molecule has 3 atom stereocenters. The Labute approximate surface area is 183 Å². The number of fused-ring (bicyclic) bond motifs is 3. The van der Waals surface area contributed by atoms with Crippen molar-refractivity contribution in [3.05, 3.63) is 53.5 Å². The number of benzene rings is 1. The molecule has 5 heterocycles. The summed E-state index contributed by atoms with van der Waals surface area (Å²) in [6, 6.07) is 8.89. The van der Waals surface area contributed by atoms with Gasteiger partial charge in [0.25, 0.3) is 0 Å². The van der Waals surface area contributed by atoms with Crippen LogP contribution >= 0.6 is 0 Å². The minimum atomic E-state index is -1.04. The van der Waals surface area contributed by atoms with Gasteiger partial charge in [0.2, 0.25) is 5.95 Å². The first-order valence-corrected chi connectivity index (χ1v) is 12.5. The molecule has 0 spiro atoms. The Bertz CT molecular complexity index is 1200. The van der Waals surface area contributed by atoms with Crippen molar-refractivity contribution >= 4 is 22.4 Å². The molecule has 1 aromatic carbocycles. The topological polar surface area (TPSA) is 67.2 Å². The van der Waals surface area contributed by atoms with Crippen molar-refractivity contribution < 1.29 is 4.21 Å². The molecule has 2 saturated heterocycles. The van der Waals surface area contributed by atoms with Gasteiger partial charge < -0.3 is 9.80 Å². The van der Waals surface area contributed by atoms with Gasteiger partial charge in [-0.2, -0.15) is 10.1 Å². The van der Waals surface area contributed by atoms with Gasteiger partial charge in [-0.1, -0.05) is 6.07 Å². The third-order valence-corrected chi connectivity index (χ3v) is 8.82. The SMILES string of the molecule is O=[S@]1CCc2nc(N3CC4CN(c5ccc6c(c5)CC6)CC4C3)nc(-n3cccn3)c21. The third kappa shape index (κ3) is 2.77. The Morgan fingerprint density at radius 3 is 2.45 bits per heavy atom. The molecule has 2 unspecified atom stereocenters. The van der Waals surface area contributed by atoms with Crippen molar-refractivity contribution in [2.24, 2.45) is 11.8 Å². The fraction of sp³-hybridized carbons (Fsp3) is 0.435. The zero-order valence-corrected chi connectivity index (χ0v) is 18.1. The molecular formula is C23H24N6OS. The van der Waals surface area contributed by atoms with Crippen molar-refractivity contribution in [3.63, 3.8) is 0 Å². The number of hydrogen-bond acceptors (Lipinski definition) is 6. The van der Waals surface area contributed by atoms with Crippen LogP contribution in [-0.2, 0) is 30.1 Å². The van der Waals surface area contributed by atoms with Crippen LogP contribution in [0.3, 0.4) is 0 Å². The molecule has 8 heteroatoms. The monoisotopic (exact) mass is 432 g/mol. The summed E-state index contributed by atoms with van der Waals surface area (Å²) < 4.78 is 14.3. The molecule has 7 nitrogen and oxygen atoms in total. The Hall–Kier alpha value is -2.74. The number of nitrogens with zero attached hydrogens (tertiary/aromatic N) is 6. The number of rotatable bonds is 3. The molecular weight excluding hydrogens is 408 g/mol. The number of anilines is 2. The first-order valence-electron chi connectivity index (χ1n) is 11.1. The van der Waals surface area contributed by atoms with E-state index in [-0.39, 0.29) is 0 Å². The smallest absolute Gasteiger partial charge is 0.227 e. The maximum atomic E-state index is 12.6. The Morgan fingerprint density at radius 1 is 0.935 bits per heavy atom. The van der Waals surface area contributed by atoms with Crippen molar-refractivity contribution in [2.75, 3.05) is 41.7 Å². The fourth-order valence-corrected chi connectivity index (χ4v) is 6.94. The molecule has 0 amide bonds. The van der Waals surface area contributed by atoms with Gasteiger partial charge in [-0.3, -0.25) is 4.21 Å². The molecule has 2 aromatic heterocycles. The molecule has 7 rings (SSSR count). The lowest BCUT2D eigenvalue weighted by Crippen LogP contribution is -2.30. The predicted octanol–water partition coefficient (Wildman–Crippen LogP) is 2.00. The van der Waals surface area contributed by atoms with E-state index in [1.165, 1.54) is 29.7 Å². The maximum absolute atomic E-state index is 12.6. The normalized spacial score (nSPS) is 26.0. The minimum Gasteiger partial charge on any atom is -0.371 e. The van der Waals surface area contributed by atoms with Gasteiger partial charge in [0.15, 0.2) is 5.82 Å². The van der Waals surface area contributed by atoms with Gasteiger partial charge in [0.1, 0.15) is 4.90 Å². The molecule has 158 valence electrons. The summed E-state index contributed by atoms with van der Waals surface area (Å²) in [6.45, 7) is 4.15. The quantitative estimate of drug-likeness (QED) is 0.631. The van der Waals surface area contributed by atoms with Gasteiger partial charge in [-0.05, 0) is 42.2 Å². The van der Waals surface area contributed by atoms with Crippen LogP contribution in [0.15, 0.2) is 41.6 Å². The summed E-state index contributed by atoms with van der Waals surface area (Å²) in [5.41, 5.74) is 5.37. The van der Waals surface area contributed by atoms with Gasteiger partial charge in [0.05, 0.1) is 16.5 Å². The van der Waals surface area contributed by atoms with E-state index in [1.807, 2.05) is 12.3 Å². The Morgan fingerprint density at radius 2 is 1.74 bits per heavy atom. The standard InChI is InChI=1S/C23H24N6OS/c30-31-9-6-20-21(31)22(29-8-1-7-24-29)26-23(25-20)28-13-17-11-27(12-18(17)14-28)19-5-4-15-2-3-16(15)10-19/h1,4-5,7-8,10,17-18H,2-3,6,9,11-14H2/t17?,18?,31-/m0/s1. The summed E-state index contributed by atoms with van der Waals surface area (Å²) in [7, 11) is -1.04. The predicted molar refractivity (Wildman–Crippen MR) is 119 cm³/mol. The second-order valence-corrected chi connectivity index (χ2v) is 10.7. The first-order chi connectivity index (χ1) is 15.2. The molecule has 1 aliphatic carbocycles. The van der Waals surface area contributed by atoms with Gasteiger partial charge >= 0.3 is 0 Å². The van der Waals surface area contributed by atoms with E-state index in [0.29, 0.717) is 23.4 Å². The van der Waals surface area contributed by atoms with E-state index in [2.05, 4.69) is 33.1 Å². The van der Waals surface area contributed by atoms with E-state index < -0.39 is 10.8 Å².